The van der Waals surface area contributed by atoms with Crippen LogP contribution in [0.15, 0.2) is 23.1 Å². The van der Waals surface area contributed by atoms with Gasteiger partial charge in [0.15, 0.2) is 0 Å². The molecule has 0 amide bonds. The number of benzene rings is 1. The Hall–Kier alpha value is -1.58. The maximum Gasteiger partial charge on any atom is 0.433 e. The van der Waals surface area contributed by atoms with E-state index in [1.807, 2.05) is 0 Å². The van der Waals surface area contributed by atoms with E-state index in [1.165, 1.54) is 12.1 Å². The number of hydrogen-bond donors (Lipinski definition) is 1. The van der Waals surface area contributed by atoms with Crippen molar-refractivity contribution in [3.05, 3.63) is 56.3 Å². The van der Waals surface area contributed by atoms with Crippen molar-refractivity contribution in [2.24, 2.45) is 5.92 Å². The fourth-order valence-corrected chi connectivity index (χ4v) is 4.61. The van der Waals surface area contributed by atoms with Crippen molar-refractivity contribution in [1.82, 2.24) is 4.98 Å². The monoisotopic (exact) mass is 487 g/mol. The van der Waals surface area contributed by atoms with E-state index < -0.39 is 46.8 Å². The van der Waals surface area contributed by atoms with Gasteiger partial charge in [-0.25, -0.2) is 18.6 Å². The average Bonchev–Trinajstić information content (AvgIpc) is 2.59. The fourth-order valence-electron chi connectivity index (χ4n) is 2.88. The average molecular weight is 488 g/mol. The number of halogens is 7. The molecule has 164 valence electrons. The fraction of sp³-hybridized carbons (Fsp3) is 0.368. The molecule has 0 fully saturated rings. The van der Waals surface area contributed by atoms with Crippen LogP contribution in [0.3, 0.4) is 0 Å². The van der Waals surface area contributed by atoms with Crippen molar-refractivity contribution in [2.45, 2.75) is 43.5 Å². The van der Waals surface area contributed by atoms with Gasteiger partial charge in [-0.1, -0.05) is 43.1 Å². The summed E-state index contributed by atoms with van der Waals surface area (Å²) < 4.78 is 68.0. The molecule has 11 heteroatoms. The van der Waals surface area contributed by atoms with E-state index in [4.69, 9.17) is 23.2 Å². The van der Waals surface area contributed by atoms with Gasteiger partial charge in [-0.15, -0.1) is 11.8 Å². The lowest BCUT2D eigenvalue weighted by Crippen LogP contribution is -2.21. The van der Waals surface area contributed by atoms with Crippen molar-refractivity contribution >= 4 is 40.9 Å². The first kappa shape index (κ1) is 24.7. The molecule has 30 heavy (non-hydrogen) atoms. The van der Waals surface area contributed by atoms with Crippen LogP contribution in [0.25, 0.3) is 0 Å². The highest BCUT2D eigenvalue weighted by molar-refractivity contribution is 7.98. The molecule has 2 rings (SSSR count). The third kappa shape index (κ3) is 5.56. The minimum Gasteiger partial charge on any atom is -0.478 e. The second kappa shape index (κ2) is 9.70. The first-order valence-electron chi connectivity index (χ1n) is 8.55. The number of aromatic nitrogens is 1. The molecule has 0 radical (unpaired) electrons. The standard InChI is InChI=1S/C19H16Cl2F5NO2S/c1-8(2)6-9-10(7-30-15-11(20)4-3-5-12(15)21)16(19(24,25)26)27-14(17(22)23)13(9)18(28)29/h3-5,8,17H,6-7H2,1-2H3,(H,28,29). The molecule has 1 aromatic carbocycles. The van der Waals surface area contributed by atoms with Crippen LogP contribution in [0.1, 0.15) is 53.1 Å². The Morgan fingerprint density at radius 3 is 2.17 bits per heavy atom. The largest absolute Gasteiger partial charge is 0.478 e. The van der Waals surface area contributed by atoms with Gasteiger partial charge in [0, 0.05) is 10.6 Å². The summed E-state index contributed by atoms with van der Waals surface area (Å²) in [5.41, 5.74) is -4.61. The Morgan fingerprint density at radius 2 is 1.73 bits per heavy atom. The molecule has 0 saturated heterocycles. The van der Waals surface area contributed by atoms with Crippen molar-refractivity contribution in [3.63, 3.8) is 0 Å². The molecule has 2 aromatic rings. The predicted molar refractivity (Wildman–Crippen MR) is 106 cm³/mol. The third-order valence-corrected chi connectivity index (χ3v) is 6.04. The lowest BCUT2D eigenvalue weighted by molar-refractivity contribution is -0.142. The lowest BCUT2D eigenvalue weighted by Gasteiger charge is -2.22. The number of aromatic carboxylic acids is 1. The molecule has 0 unspecified atom stereocenters. The summed E-state index contributed by atoms with van der Waals surface area (Å²) in [6, 6.07) is 4.55. The van der Waals surface area contributed by atoms with Crippen LogP contribution in [0.2, 0.25) is 10.0 Å². The molecular weight excluding hydrogens is 472 g/mol. The Balaban J connectivity index is 2.76. The summed E-state index contributed by atoms with van der Waals surface area (Å²) in [6.45, 7) is 3.28. The highest BCUT2D eigenvalue weighted by Crippen LogP contribution is 2.42. The highest BCUT2D eigenvalue weighted by atomic mass is 35.5. The van der Waals surface area contributed by atoms with E-state index in [0.717, 1.165) is 11.8 Å². The molecule has 1 heterocycles. The molecule has 0 bridgehead atoms. The molecule has 0 aliphatic heterocycles. The summed E-state index contributed by atoms with van der Waals surface area (Å²) in [6.07, 6.45) is -8.70. The van der Waals surface area contributed by atoms with Crippen LogP contribution in [0.5, 0.6) is 0 Å². The normalized spacial score (nSPS) is 12.1. The van der Waals surface area contributed by atoms with Gasteiger partial charge >= 0.3 is 12.1 Å². The maximum absolute atomic E-state index is 13.7. The quantitative estimate of drug-likeness (QED) is 0.323. The second-order valence-electron chi connectivity index (χ2n) is 6.72. The molecule has 1 aromatic heterocycles. The van der Waals surface area contributed by atoms with Crippen molar-refractivity contribution in [2.75, 3.05) is 0 Å². The minimum atomic E-state index is -5.06. The van der Waals surface area contributed by atoms with Gasteiger partial charge in [0.25, 0.3) is 6.43 Å². The van der Waals surface area contributed by atoms with Crippen LogP contribution in [-0.2, 0) is 18.3 Å². The number of carboxylic acid groups (broad SMARTS) is 1. The number of carbonyl (C=O) groups is 1. The van der Waals surface area contributed by atoms with E-state index in [-0.39, 0.29) is 27.9 Å². The topological polar surface area (TPSA) is 50.2 Å². The number of alkyl halides is 5. The summed E-state index contributed by atoms with van der Waals surface area (Å²) in [7, 11) is 0. The van der Waals surface area contributed by atoms with Crippen LogP contribution >= 0.6 is 35.0 Å². The SMILES string of the molecule is CC(C)Cc1c(CSc2c(Cl)cccc2Cl)c(C(F)(F)F)nc(C(F)F)c1C(=O)O. The molecular formula is C19H16Cl2F5NO2S. The van der Waals surface area contributed by atoms with E-state index in [1.54, 1.807) is 19.9 Å². The molecule has 1 N–H and O–H groups in total. The first-order chi connectivity index (χ1) is 13.8. The van der Waals surface area contributed by atoms with Gasteiger partial charge in [-0.3, -0.25) is 0 Å². The number of nitrogens with zero attached hydrogens (tertiary/aromatic N) is 1. The van der Waals surface area contributed by atoms with Gasteiger partial charge in [0.05, 0.1) is 15.6 Å². The Bertz CT molecular complexity index is 931. The van der Waals surface area contributed by atoms with E-state index in [2.05, 4.69) is 4.98 Å². The number of thioether (sulfide) groups is 1. The minimum absolute atomic E-state index is 0.154. The maximum atomic E-state index is 13.7. The van der Waals surface area contributed by atoms with E-state index in [9.17, 15) is 31.9 Å². The zero-order valence-electron chi connectivity index (χ0n) is 15.7. The highest BCUT2D eigenvalue weighted by Gasteiger charge is 2.40. The summed E-state index contributed by atoms with van der Waals surface area (Å²) in [4.78, 5) is 15.1. The molecule has 0 saturated carbocycles. The van der Waals surface area contributed by atoms with Crippen molar-refractivity contribution in [3.8, 4) is 0 Å². The van der Waals surface area contributed by atoms with E-state index in [0.29, 0.717) is 4.90 Å². The van der Waals surface area contributed by atoms with Gasteiger partial charge in [0.1, 0.15) is 11.4 Å². The van der Waals surface area contributed by atoms with Crippen LogP contribution in [-0.4, -0.2) is 16.1 Å². The number of rotatable bonds is 7. The van der Waals surface area contributed by atoms with Gasteiger partial charge in [-0.05, 0) is 35.6 Å². The Morgan fingerprint density at radius 1 is 1.17 bits per heavy atom. The third-order valence-electron chi connectivity index (χ3n) is 4.02. The van der Waals surface area contributed by atoms with Crippen LogP contribution < -0.4 is 0 Å². The molecule has 0 atom stereocenters. The Labute approximate surface area is 183 Å². The van der Waals surface area contributed by atoms with Gasteiger partial charge in [-0.2, -0.15) is 13.2 Å². The molecule has 0 spiro atoms. The van der Waals surface area contributed by atoms with Gasteiger partial charge in [0.2, 0.25) is 0 Å². The first-order valence-corrected chi connectivity index (χ1v) is 10.3. The molecule has 3 nitrogen and oxygen atoms in total. The number of hydrogen-bond acceptors (Lipinski definition) is 3. The van der Waals surface area contributed by atoms with Crippen LogP contribution in [0, 0.1) is 5.92 Å². The predicted octanol–water partition coefficient (Wildman–Crippen LogP) is 7.53. The zero-order chi connectivity index (χ0) is 22.8. The summed E-state index contributed by atoms with van der Waals surface area (Å²) in [5, 5.41) is 9.89. The molecule has 0 aliphatic rings. The zero-order valence-corrected chi connectivity index (χ0v) is 18.0. The number of carboxylic acids is 1. The second-order valence-corrected chi connectivity index (χ2v) is 8.52. The van der Waals surface area contributed by atoms with Gasteiger partial charge < -0.3 is 5.11 Å². The lowest BCUT2D eigenvalue weighted by atomic mass is 9.91. The molecule has 0 aliphatic carbocycles. The van der Waals surface area contributed by atoms with E-state index >= 15 is 0 Å². The van der Waals surface area contributed by atoms with Crippen molar-refractivity contribution in [1.29, 1.82) is 0 Å². The van der Waals surface area contributed by atoms with Crippen LogP contribution in [0.4, 0.5) is 22.0 Å². The Kier molecular flexibility index (Phi) is 7.98. The number of pyridine rings is 1. The summed E-state index contributed by atoms with van der Waals surface area (Å²) in [5.74, 6) is -2.47. The summed E-state index contributed by atoms with van der Waals surface area (Å²) >= 11 is 13.0. The smallest absolute Gasteiger partial charge is 0.433 e. The van der Waals surface area contributed by atoms with Crippen molar-refractivity contribution < 1.29 is 31.9 Å².